The summed E-state index contributed by atoms with van der Waals surface area (Å²) in [5.41, 5.74) is 0.502. The lowest BCUT2D eigenvalue weighted by Gasteiger charge is -2.11. The zero-order valence-corrected chi connectivity index (χ0v) is 11.7. The van der Waals surface area contributed by atoms with Crippen molar-refractivity contribution in [2.75, 3.05) is 13.7 Å². The van der Waals surface area contributed by atoms with E-state index in [0.29, 0.717) is 10.0 Å². The summed E-state index contributed by atoms with van der Waals surface area (Å²) >= 11 is 3.01. The summed E-state index contributed by atoms with van der Waals surface area (Å²) in [5.74, 6) is -2.01. The first kappa shape index (κ1) is 15.6. The van der Waals surface area contributed by atoms with Crippen LogP contribution in [0.2, 0.25) is 0 Å². The van der Waals surface area contributed by atoms with Crippen LogP contribution in [0.1, 0.15) is 5.56 Å². The molecule has 0 aromatic heterocycles. The van der Waals surface area contributed by atoms with Gasteiger partial charge >= 0.3 is 5.97 Å². The average Bonchev–Trinajstić information content (AvgIpc) is 2.34. The molecule has 19 heavy (non-hydrogen) atoms. The zero-order chi connectivity index (χ0) is 14.4. The van der Waals surface area contributed by atoms with Gasteiger partial charge in [0, 0.05) is 7.11 Å². The standard InChI is InChI=1S/C12H13BrFNO4/c1-19-10(12(17)18)6-15-11(16)5-7-2-3-8(13)9(14)4-7/h2-4,10H,5-6H2,1H3,(H,15,16)(H,17,18). The topological polar surface area (TPSA) is 75.6 Å². The van der Waals surface area contributed by atoms with Crippen LogP contribution in [0.3, 0.4) is 0 Å². The van der Waals surface area contributed by atoms with E-state index in [1.54, 1.807) is 6.07 Å². The number of methoxy groups -OCH3 is 1. The Morgan fingerprint density at radius 3 is 2.74 bits per heavy atom. The molecule has 0 fully saturated rings. The Labute approximate surface area is 117 Å². The largest absolute Gasteiger partial charge is 0.479 e. The van der Waals surface area contributed by atoms with Gasteiger partial charge in [-0.3, -0.25) is 4.79 Å². The number of hydrogen-bond acceptors (Lipinski definition) is 3. The first-order valence-electron chi connectivity index (χ1n) is 5.40. The lowest BCUT2D eigenvalue weighted by atomic mass is 10.1. The van der Waals surface area contributed by atoms with Gasteiger partial charge in [0.2, 0.25) is 5.91 Å². The molecule has 1 atom stereocenters. The molecular weight excluding hydrogens is 321 g/mol. The van der Waals surface area contributed by atoms with Crippen LogP contribution in [-0.4, -0.2) is 36.7 Å². The van der Waals surface area contributed by atoms with Gasteiger partial charge in [-0.25, -0.2) is 9.18 Å². The van der Waals surface area contributed by atoms with Gasteiger partial charge in [-0.1, -0.05) is 6.07 Å². The van der Waals surface area contributed by atoms with Crippen molar-refractivity contribution in [3.8, 4) is 0 Å². The van der Waals surface area contributed by atoms with Gasteiger partial charge in [-0.2, -0.15) is 0 Å². The molecule has 0 saturated carbocycles. The van der Waals surface area contributed by atoms with E-state index in [2.05, 4.69) is 26.0 Å². The molecule has 5 nitrogen and oxygen atoms in total. The molecule has 1 amide bonds. The molecule has 1 aromatic rings. The van der Waals surface area contributed by atoms with Crippen molar-refractivity contribution in [2.24, 2.45) is 0 Å². The Bertz CT molecular complexity index is 481. The maximum atomic E-state index is 13.2. The van der Waals surface area contributed by atoms with Crippen molar-refractivity contribution in [2.45, 2.75) is 12.5 Å². The summed E-state index contributed by atoms with van der Waals surface area (Å²) in [6.07, 6.45) is -1.12. The molecule has 0 saturated heterocycles. The minimum atomic E-state index is -1.16. The van der Waals surface area contributed by atoms with E-state index in [1.807, 2.05) is 0 Å². The maximum absolute atomic E-state index is 13.2. The minimum Gasteiger partial charge on any atom is -0.479 e. The van der Waals surface area contributed by atoms with Crippen LogP contribution < -0.4 is 5.32 Å². The molecule has 0 bridgehead atoms. The van der Waals surface area contributed by atoms with Crippen molar-refractivity contribution < 1.29 is 23.8 Å². The van der Waals surface area contributed by atoms with Gasteiger partial charge in [0.15, 0.2) is 6.10 Å². The van der Waals surface area contributed by atoms with Crippen LogP contribution in [0, 0.1) is 5.82 Å². The molecule has 104 valence electrons. The normalized spacial score (nSPS) is 11.9. The van der Waals surface area contributed by atoms with E-state index in [4.69, 9.17) is 5.11 Å². The molecule has 0 aliphatic rings. The Balaban J connectivity index is 2.51. The average molecular weight is 334 g/mol. The number of halogens is 2. The lowest BCUT2D eigenvalue weighted by molar-refractivity contribution is -0.148. The van der Waals surface area contributed by atoms with E-state index >= 15 is 0 Å². The summed E-state index contributed by atoms with van der Waals surface area (Å²) < 4.78 is 18.2. The Hall–Kier alpha value is -1.47. The van der Waals surface area contributed by atoms with Crippen molar-refractivity contribution in [3.63, 3.8) is 0 Å². The van der Waals surface area contributed by atoms with E-state index < -0.39 is 23.8 Å². The van der Waals surface area contributed by atoms with Gasteiger partial charge in [0.05, 0.1) is 17.4 Å². The minimum absolute atomic E-state index is 0.0275. The first-order valence-corrected chi connectivity index (χ1v) is 6.19. The number of hydrogen-bond donors (Lipinski definition) is 2. The van der Waals surface area contributed by atoms with Crippen LogP contribution in [0.5, 0.6) is 0 Å². The van der Waals surface area contributed by atoms with Crippen molar-refractivity contribution >= 4 is 27.8 Å². The third kappa shape index (κ3) is 4.96. The van der Waals surface area contributed by atoms with Gasteiger partial charge in [0.25, 0.3) is 0 Å². The number of rotatable bonds is 6. The summed E-state index contributed by atoms with van der Waals surface area (Å²) in [6.45, 7) is -0.135. The number of amides is 1. The second kappa shape index (κ2) is 7.20. The van der Waals surface area contributed by atoms with E-state index in [0.717, 1.165) is 0 Å². The molecule has 0 spiro atoms. The van der Waals surface area contributed by atoms with Crippen LogP contribution in [-0.2, 0) is 20.7 Å². The monoisotopic (exact) mass is 333 g/mol. The quantitative estimate of drug-likeness (QED) is 0.823. The van der Waals surface area contributed by atoms with Crippen LogP contribution in [0.4, 0.5) is 4.39 Å². The summed E-state index contributed by atoms with van der Waals surface area (Å²) in [7, 11) is 1.25. The maximum Gasteiger partial charge on any atom is 0.334 e. The molecule has 1 aromatic carbocycles. The number of carboxylic acids is 1. The predicted molar refractivity (Wildman–Crippen MR) is 69.2 cm³/mol. The first-order chi connectivity index (χ1) is 8.93. The van der Waals surface area contributed by atoms with E-state index in [1.165, 1.54) is 19.2 Å². The smallest absolute Gasteiger partial charge is 0.334 e. The fourth-order valence-electron chi connectivity index (χ4n) is 1.38. The highest BCUT2D eigenvalue weighted by Gasteiger charge is 2.17. The summed E-state index contributed by atoms with van der Waals surface area (Å²) in [5, 5.41) is 11.1. The fraction of sp³-hybridized carbons (Fsp3) is 0.333. The molecule has 7 heteroatoms. The molecule has 2 N–H and O–H groups in total. The molecule has 0 aliphatic carbocycles. The third-order valence-electron chi connectivity index (χ3n) is 2.39. The number of ether oxygens (including phenoxy) is 1. The number of nitrogens with one attached hydrogen (secondary N) is 1. The second-order valence-corrected chi connectivity index (χ2v) is 4.65. The van der Waals surface area contributed by atoms with E-state index in [9.17, 15) is 14.0 Å². The second-order valence-electron chi connectivity index (χ2n) is 3.79. The third-order valence-corrected chi connectivity index (χ3v) is 3.04. The number of carbonyl (C=O) groups excluding carboxylic acids is 1. The highest BCUT2D eigenvalue weighted by molar-refractivity contribution is 9.10. The summed E-state index contributed by atoms with van der Waals surface area (Å²) in [4.78, 5) is 22.2. The highest BCUT2D eigenvalue weighted by atomic mass is 79.9. The van der Waals surface area contributed by atoms with Crippen LogP contribution in [0.15, 0.2) is 22.7 Å². The summed E-state index contributed by atoms with van der Waals surface area (Å²) in [6, 6.07) is 4.36. The Morgan fingerprint density at radius 1 is 1.53 bits per heavy atom. The van der Waals surface area contributed by atoms with Gasteiger partial charge < -0.3 is 15.2 Å². The Morgan fingerprint density at radius 2 is 2.21 bits per heavy atom. The molecule has 0 radical (unpaired) electrons. The lowest BCUT2D eigenvalue weighted by Crippen LogP contribution is -2.38. The molecule has 0 heterocycles. The molecule has 1 unspecified atom stereocenters. The molecule has 1 rings (SSSR count). The van der Waals surface area contributed by atoms with Crippen molar-refractivity contribution in [3.05, 3.63) is 34.1 Å². The Kier molecular flexibility index (Phi) is 5.91. The number of carbonyl (C=O) groups is 2. The molecular formula is C12H13BrFNO4. The number of carboxylic acid groups (broad SMARTS) is 1. The number of aliphatic carboxylic acids is 1. The van der Waals surface area contributed by atoms with Crippen molar-refractivity contribution in [1.29, 1.82) is 0 Å². The van der Waals surface area contributed by atoms with Gasteiger partial charge in [0.1, 0.15) is 5.82 Å². The molecule has 0 aliphatic heterocycles. The van der Waals surface area contributed by atoms with Crippen LogP contribution >= 0.6 is 15.9 Å². The number of benzene rings is 1. The highest BCUT2D eigenvalue weighted by Crippen LogP contribution is 2.16. The zero-order valence-electron chi connectivity index (χ0n) is 10.2. The van der Waals surface area contributed by atoms with Gasteiger partial charge in [-0.15, -0.1) is 0 Å². The SMILES string of the molecule is COC(CNC(=O)Cc1ccc(Br)c(F)c1)C(=O)O. The van der Waals surface area contributed by atoms with E-state index in [-0.39, 0.29) is 13.0 Å². The predicted octanol–water partition coefficient (Wildman–Crippen LogP) is 1.35. The fourth-order valence-corrected chi connectivity index (χ4v) is 1.62. The van der Waals surface area contributed by atoms with Gasteiger partial charge in [-0.05, 0) is 33.6 Å². The van der Waals surface area contributed by atoms with Crippen molar-refractivity contribution in [1.82, 2.24) is 5.32 Å². The van der Waals surface area contributed by atoms with Crippen LogP contribution in [0.25, 0.3) is 0 Å².